The highest BCUT2D eigenvalue weighted by atomic mass is 19.4. The molecule has 0 amide bonds. The van der Waals surface area contributed by atoms with Crippen LogP contribution in [0.4, 0.5) is 29.1 Å². The zero-order valence-corrected chi connectivity index (χ0v) is 13.6. The van der Waals surface area contributed by atoms with Gasteiger partial charge in [-0.2, -0.15) is 13.2 Å². The number of pyridine rings is 1. The number of halogens is 4. The zero-order chi connectivity index (χ0) is 19.0. The molecule has 0 spiro atoms. The van der Waals surface area contributed by atoms with Gasteiger partial charge in [-0.1, -0.05) is 0 Å². The molecule has 0 radical (unpaired) electrons. The van der Waals surface area contributed by atoms with Gasteiger partial charge in [-0.05, 0) is 36.4 Å². The highest BCUT2D eigenvalue weighted by Gasteiger charge is 2.29. The Labute approximate surface area is 150 Å². The molecule has 3 heterocycles. The summed E-state index contributed by atoms with van der Waals surface area (Å²) in [7, 11) is 0. The third kappa shape index (κ3) is 3.43. The van der Waals surface area contributed by atoms with Gasteiger partial charge in [0.15, 0.2) is 0 Å². The quantitative estimate of drug-likeness (QED) is 0.529. The summed E-state index contributed by atoms with van der Waals surface area (Å²) in [4.78, 5) is 12.6. The van der Waals surface area contributed by atoms with E-state index in [9.17, 15) is 17.6 Å². The Morgan fingerprint density at radius 3 is 2.44 bits per heavy atom. The number of alkyl halides is 3. The van der Waals surface area contributed by atoms with Gasteiger partial charge >= 0.3 is 6.18 Å². The largest absolute Gasteiger partial charge is 0.416 e. The molecule has 0 atom stereocenters. The lowest BCUT2D eigenvalue weighted by molar-refractivity contribution is -0.137. The average Bonchev–Trinajstić information content (AvgIpc) is 3.05. The Morgan fingerprint density at radius 1 is 0.926 bits per heavy atom. The summed E-state index contributed by atoms with van der Waals surface area (Å²) in [5.41, 5.74) is 1.21. The standard InChI is InChI=1S/C18H11F4N5/c19-12-3-6-17-24-8-15(27(17)10-12)14-7-23-9-16(26-14)25-13-4-1-11(2-5-13)18(20,21)22/h1-10H,(H,25,26). The van der Waals surface area contributed by atoms with Gasteiger partial charge in [-0.3, -0.25) is 9.38 Å². The van der Waals surface area contributed by atoms with Gasteiger partial charge in [0.2, 0.25) is 0 Å². The van der Waals surface area contributed by atoms with E-state index in [-0.39, 0.29) is 0 Å². The molecule has 4 aromatic rings. The molecule has 0 aliphatic heterocycles. The molecule has 0 aliphatic carbocycles. The molecule has 0 unspecified atom stereocenters. The molecule has 3 aromatic heterocycles. The third-order valence-electron chi connectivity index (χ3n) is 3.85. The van der Waals surface area contributed by atoms with E-state index < -0.39 is 17.6 Å². The number of benzene rings is 1. The van der Waals surface area contributed by atoms with Gasteiger partial charge in [0, 0.05) is 11.9 Å². The second-order valence-electron chi connectivity index (χ2n) is 5.71. The van der Waals surface area contributed by atoms with Crippen LogP contribution in [-0.4, -0.2) is 19.4 Å². The molecule has 9 heteroatoms. The van der Waals surface area contributed by atoms with Gasteiger partial charge in [-0.15, -0.1) is 0 Å². The monoisotopic (exact) mass is 373 g/mol. The maximum absolute atomic E-state index is 13.5. The summed E-state index contributed by atoms with van der Waals surface area (Å²) in [5, 5.41) is 2.90. The van der Waals surface area contributed by atoms with Crippen LogP contribution >= 0.6 is 0 Å². The number of rotatable bonds is 3. The number of fused-ring (bicyclic) bond motifs is 1. The molecular weight excluding hydrogens is 362 g/mol. The van der Waals surface area contributed by atoms with Gasteiger partial charge in [0.1, 0.15) is 23.0 Å². The number of hydrogen-bond donors (Lipinski definition) is 1. The van der Waals surface area contributed by atoms with Crippen LogP contribution in [0.1, 0.15) is 5.56 Å². The molecule has 4 rings (SSSR count). The van der Waals surface area contributed by atoms with E-state index in [1.165, 1.54) is 42.9 Å². The van der Waals surface area contributed by atoms with Crippen molar-refractivity contribution < 1.29 is 17.6 Å². The molecule has 5 nitrogen and oxygen atoms in total. The lowest BCUT2D eigenvalue weighted by Gasteiger charge is -2.09. The van der Waals surface area contributed by atoms with Crippen molar-refractivity contribution in [2.24, 2.45) is 0 Å². The van der Waals surface area contributed by atoms with E-state index in [1.54, 1.807) is 10.6 Å². The Balaban J connectivity index is 1.63. The molecule has 0 saturated heterocycles. The van der Waals surface area contributed by atoms with Crippen molar-refractivity contribution in [1.82, 2.24) is 19.4 Å². The summed E-state index contributed by atoms with van der Waals surface area (Å²) in [6, 6.07) is 7.41. The second kappa shape index (κ2) is 6.35. The molecule has 0 aliphatic rings. The predicted octanol–water partition coefficient (Wildman–Crippen LogP) is 4.69. The van der Waals surface area contributed by atoms with E-state index >= 15 is 0 Å². The van der Waals surface area contributed by atoms with E-state index in [1.807, 2.05) is 0 Å². The number of nitrogens with zero attached hydrogens (tertiary/aromatic N) is 4. The fourth-order valence-electron chi connectivity index (χ4n) is 2.58. The van der Waals surface area contributed by atoms with Crippen LogP contribution in [0.5, 0.6) is 0 Å². The van der Waals surface area contributed by atoms with Crippen molar-refractivity contribution in [3.8, 4) is 11.4 Å². The highest BCUT2D eigenvalue weighted by Crippen LogP contribution is 2.30. The Hall–Kier alpha value is -3.49. The van der Waals surface area contributed by atoms with Gasteiger partial charge in [0.05, 0.1) is 29.8 Å². The van der Waals surface area contributed by atoms with Crippen LogP contribution in [-0.2, 0) is 6.18 Å². The van der Waals surface area contributed by atoms with Crippen LogP contribution in [0.3, 0.4) is 0 Å². The lowest BCUT2D eigenvalue weighted by atomic mass is 10.2. The molecule has 1 aromatic carbocycles. The number of hydrogen-bond acceptors (Lipinski definition) is 4. The van der Waals surface area contributed by atoms with E-state index in [0.29, 0.717) is 28.5 Å². The summed E-state index contributed by atoms with van der Waals surface area (Å²) < 4.78 is 53.0. The summed E-state index contributed by atoms with van der Waals surface area (Å²) in [6.07, 6.45) is 1.36. The second-order valence-corrected chi connectivity index (χ2v) is 5.71. The predicted molar refractivity (Wildman–Crippen MR) is 90.9 cm³/mol. The Kier molecular flexibility index (Phi) is 3.98. The normalized spacial score (nSPS) is 11.7. The van der Waals surface area contributed by atoms with Crippen molar-refractivity contribution in [3.05, 3.63) is 72.6 Å². The lowest BCUT2D eigenvalue weighted by Crippen LogP contribution is -2.04. The summed E-state index contributed by atoms with van der Waals surface area (Å²) in [6.45, 7) is 0. The average molecular weight is 373 g/mol. The Morgan fingerprint density at radius 2 is 1.70 bits per heavy atom. The minimum Gasteiger partial charge on any atom is -0.339 e. The minimum absolute atomic E-state index is 0.332. The summed E-state index contributed by atoms with van der Waals surface area (Å²) >= 11 is 0. The van der Waals surface area contributed by atoms with Crippen LogP contribution in [0.25, 0.3) is 17.0 Å². The number of nitrogens with one attached hydrogen (secondary N) is 1. The third-order valence-corrected chi connectivity index (χ3v) is 3.85. The van der Waals surface area contributed by atoms with Crippen molar-refractivity contribution in [2.45, 2.75) is 6.18 Å². The van der Waals surface area contributed by atoms with Crippen molar-refractivity contribution in [1.29, 1.82) is 0 Å². The smallest absolute Gasteiger partial charge is 0.339 e. The first-order chi connectivity index (χ1) is 12.9. The minimum atomic E-state index is -4.39. The number of aromatic nitrogens is 4. The van der Waals surface area contributed by atoms with Crippen molar-refractivity contribution in [2.75, 3.05) is 5.32 Å². The van der Waals surface area contributed by atoms with Crippen molar-refractivity contribution in [3.63, 3.8) is 0 Å². The fourth-order valence-corrected chi connectivity index (χ4v) is 2.58. The topological polar surface area (TPSA) is 55.1 Å². The molecule has 136 valence electrons. The molecule has 27 heavy (non-hydrogen) atoms. The number of anilines is 2. The van der Waals surface area contributed by atoms with E-state index in [4.69, 9.17) is 0 Å². The molecular formula is C18H11F4N5. The summed E-state index contributed by atoms with van der Waals surface area (Å²) in [5.74, 6) is -0.0904. The first kappa shape index (κ1) is 17.0. The zero-order valence-electron chi connectivity index (χ0n) is 13.6. The van der Waals surface area contributed by atoms with Gasteiger partial charge < -0.3 is 5.32 Å². The Bertz CT molecular complexity index is 1100. The van der Waals surface area contributed by atoms with E-state index in [2.05, 4.69) is 20.3 Å². The molecule has 0 bridgehead atoms. The van der Waals surface area contributed by atoms with Gasteiger partial charge in [-0.25, -0.2) is 14.4 Å². The van der Waals surface area contributed by atoms with Crippen molar-refractivity contribution >= 4 is 17.2 Å². The SMILES string of the molecule is Fc1ccc2ncc(-c3cncc(Nc4ccc(C(F)(F)F)cc4)n3)n2c1. The van der Waals surface area contributed by atoms with Crippen LogP contribution in [0.2, 0.25) is 0 Å². The number of imidazole rings is 1. The first-order valence-electron chi connectivity index (χ1n) is 7.79. The van der Waals surface area contributed by atoms with Crippen LogP contribution < -0.4 is 5.32 Å². The van der Waals surface area contributed by atoms with E-state index in [0.717, 1.165) is 12.1 Å². The molecule has 0 saturated carbocycles. The first-order valence-corrected chi connectivity index (χ1v) is 7.79. The molecule has 0 fully saturated rings. The molecule has 1 N–H and O–H groups in total. The maximum Gasteiger partial charge on any atom is 0.416 e. The maximum atomic E-state index is 13.5. The van der Waals surface area contributed by atoms with Gasteiger partial charge in [0.25, 0.3) is 0 Å². The fraction of sp³-hybridized carbons (Fsp3) is 0.0556. The van der Waals surface area contributed by atoms with Crippen LogP contribution in [0.15, 0.2) is 61.2 Å². The van der Waals surface area contributed by atoms with Crippen LogP contribution in [0, 0.1) is 5.82 Å². The highest BCUT2D eigenvalue weighted by molar-refractivity contribution is 5.63.